The maximum absolute atomic E-state index is 11.4. The maximum atomic E-state index is 11.4. The molecule has 0 radical (unpaired) electrons. The van der Waals surface area contributed by atoms with E-state index in [1.807, 2.05) is 0 Å². The molecule has 11 heteroatoms. The van der Waals surface area contributed by atoms with Gasteiger partial charge in [0.2, 0.25) is 11.7 Å². The molecule has 1 rings (SSSR count). The highest BCUT2D eigenvalue weighted by atomic mass is 32.2. The molecule has 1 unspecified atom stereocenters. The van der Waals surface area contributed by atoms with Gasteiger partial charge in [-0.05, 0) is 12.5 Å². The number of hydrogen-bond acceptors (Lipinski definition) is 2. The van der Waals surface area contributed by atoms with Crippen LogP contribution in [0.15, 0.2) is 19.1 Å². The van der Waals surface area contributed by atoms with Gasteiger partial charge in [-0.3, -0.25) is 4.55 Å². The standard InChI is InChI=1S/C13H22N2O3S.BF4/c1-3-5-6-7-8-9-13(19(16,17)18)15-10-12(4-2)14-11-15;2-1(3,4)5/h4,10-11,13H,2-3,5-9H2,1H3,(H,16,17,18);/q;-1/p+1. The van der Waals surface area contributed by atoms with E-state index in [-0.39, 0.29) is 0 Å². The van der Waals surface area contributed by atoms with Crippen LogP contribution in [0, 0.1) is 0 Å². The first kappa shape index (κ1) is 22.6. The van der Waals surface area contributed by atoms with E-state index in [0.717, 1.165) is 37.8 Å². The fourth-order valence-electron chi connectivity index (χ4n) is 2.04. The van der Waals surface area contributed by atoms with Crippen LogP contribution < -0.4 is 4.57 Å². The van der Waals surface area contributed by atoms with Crippen molar-refractivity contribution in [3.05, 3.63) is 24.8 Å². The monoisotopic (exact) mass is 374 g/mol. The Morgan fingerprint density at radius 2 is 1.83 bits per heavy atom. The van der Waals surface area contributed by atoms with Crippen molar-refractivity contribution in [1.82, 2.24) is 4.98 Å². The van der Waals surface area contributed by atoms with E-state index in [0.29, 0.717) is 6.42 Å². The quantitative estimate of drug-likeness (QED) is 0.226. The van der Waals surface area contributed by atoms with Crippen LogP contribution in [0.2, 0.25) is 0 Å². The third-order valence-electron chi connectivity index (χ3n) is 3.12. The Morgan fingerprint density at radius 1 is 1.29 bits per heavy atom. The number of nitrogens with one attached hydrogen (secondary N) is 1. The zero-order valence-corrected chi connectivity index (χ0v) is 14.3. The molecule has 5 nitrogen and oxygen atoms in total. The van der Waals surface area contributed by atoms with E-state index in [1.165, 1.54) is 4.57 Å². The van der Waals surface area contributed by atoms with Gasteiger partial charge < -0.3 is 17.3 Å². The van der Waals surface area contributed by atoms with Gasteiger partial charge in [0.05, 0.1) is 0 Å². The second-order valence-electron chi connectivity index (χ2n) is 5.18. The van der Waals surface area contributed by atoms with E-state index in [9.17, 15) is 30.2 Å². The Hall–Kier alpha value is -1.36. The molecule has 1 heterocycles. The largest absolute Gasteiger partial charge is 0.673 e. The smallest absolute Gasteiger partial charge is 0.418 e. The molecule has 1 atom stereocenters. The summed E-state index contributed by atoms with van der Waals surface area (Å²) in [7, 11) is -10.1. The number of halogens is 4. The van der Waals surface area contributed by atoms with Gasteiger partial charge in [0.25, 0.3) is 0 Å². The lowest BCUT2D eigenvalue weighted by atomic mass is 10.1. The molecule has 2 N–H and O–H groups in total. The number of H-pyrrole nitrogens is 1. The predicted octanol–water partition coefficient (Wildman–Crippen LogP) is 3.99. The fraction of sp³-hybridized carbons (Fsp3) is 0.615. The van der Waals surface area contributed by atoms with E-state index in [4.69, 9.17) is 0 Å². The molecular weight excluding hydrogens is 351 g/mol. The molecule has 0 aliphatic rings. The highest BCUT2D eigenvalue weighted by Gasteiger charge is 2.29. The third kappa shape index (κ3) is 11.2. The Morgan fingerprint density at radius 3 is 2.25 bits per heavy atom. The van der Waals surface area contributed by atoms with Crippen molar-refractivity contribution in [2.75, 3.05) is 0 Å². The van der Waals surface area contributed by atoms with Crippen molar-refractivity contribution in [3.8, 4) is 0 Å². The van der Waals surface area contributed by atoms with Gasteiger partial charge in [-0.25, -0.2) is 9.55 Å². The van der Waals surface area contributed by atoms with Gasteiger partial charge in [0, 0.05) is 6.42 Å². The minimum Gasteiger partial charge on any atom is -0.418 e. The first-order valence-electron chi connectivity index (χ1n) is 7.54. The topological polar surface area (TPSA) is 74.0 Å². The first-order chi connectivity index (χ1) is 11.0. The van der Waals surface area contributed by atoms with Crippen LogP contribution in [-0.2, 0) is 10.1 Å². The molecule has 0 aliphatic heterocycles. The molecule has 24 heavy (non-hydrogen) atoms. The van der Waals surface area contributed by atoms with Crippen molar-refractivity contribution in [3.63, 3.8) is 0 Å². The Kier molecular flexibility index (Phi) is 9.90. The summed E-state index contributed by atoms with van der Waals surface area (Å²) in [5.41, 5.74) is 0.722. The molecule has 140 valence electrons. The van der Waals surface area contributed by atoms with Crippen molar-refractivity contribution in [2.24, 2.45) is 0 Å². The van der Waals surface area contributed by atoms with Gasteiger partial charge in [0.1, 0.15) is 6.20 Å². The average Bonchev–Trinajstić information content (AvgIpc) is 2.88. The lowest BCUT2D eigenvalue weighted by molar-refractivity contribution is -0.701. The predicted molar refractivity (Wildman–Crippen MR) is 85.2 cm³/mol. The molecule has 0 spiro atoms. The van der Waals surface area contributed by atoms with Crippen molar-refractivity contribution in [2.45, 2.75) is 50.8 Å². The van der Waals surface area contributed by atoms with Crippen LogP contribution in [0.3, 0.4) is 0 Å². The zero-order valence-electron chi connectivity index (χ0n) is 13.5. The molecule has 0 saturated carbocycles. The molecule has 0 saturated heterocycles. The van der Waals surface area contributed by atoms with Crippen molar-refractivity contribution in [1.29, 1.82) is 0 Å². The van der Waals surface area contributed by atoms with Gasteiger partial charge >= 0.3 is 17.4 Å². The summed E-state index contributed by atoms with van der Waals surface area (Å²) in [5, 5.41) is -0.918. The number of rotatable bonds is 9. The van der Waals surface area contributed by atoms with Gasteiger partial charge in [-0.2, -0.15) is 8.42 Å². The van der Waals surface area contributed by atoms with Crippen LogP contribution in [-0.4, -0.2) is 25.2 Å². The van der Waals surface area contributed by atoms with Crippen LogP contribution >= 0.6 is 0 Å². The molecule has 0 fully saturated rings. The summed E-state index contributed by atoms with van der Waals surface area (Å²) >= 11 is 0. The Balaban J connectivity index is 0.000000922. The number of aromatic nitrogens is 2. The minimum absolute atomic E-state index is 0.418. The zero-order chi connectivity index (χ0) is 18.8. The van der Waals surface area contributed by atoms with E-state index in [2.05, 4.69) is 18.5 Å². The number of unbranched alkanes of at least 4 members (excludes halogenated alkanes) is 4. The Labute approximate surface area is 139 Å². The van der Waals surface area contributed by atoms with Crippen LogP contribution in [0.4, 0.5) is 17.3 Å². The molecule has 0 aliphatic carbocycles. The Bertz CT molecular complexity index is 584. The summed E-state index contributed by atoms with van der Waals surface area (Å²) in [6.45, 7) is 5.74. The number of imidazole rings is 1. The average molecular weight is 374 g/mol. The fourth-order valence-corrected chi connectivity index (χ4v) is 2.93. The molecule has 0 aromatic carbocycles. The van der Waals surface area contributed by atoms with Crippen LogP contribution in [0.1, 0.15) is 56.5 Å². The van der Waals surface area contributed by atoms with Gasteiger partial charge in [-0.1, -0.05) is 39.2 Å². The van der Waals surface area contributed by atoms with E-state index < -0.39 is 22.7 Å². The number of nitrogens with zero attached hydrogens (tertiary/aromatic N) is 1. The van der Waals surface area contributed by atoms with Gasteiger partial charge in [0.15, 0.2) is 5.69 Å². The van der Waals surface area contributed by atoms with Gasteiger partial charge in [-0.15, -0.1) is 0 Å². The van der Waals surface area contributed by atoms with Crippen LogP contribution in [0.5, 0.6) is 0 Å². The molecule has 0 amide bonds. The number of hydrogen-bond donors (Lipinski definition) is 2. The third-order valence-corrected chi connectivity index (χ3v) is 4.29. The molecule has 1 aromatic heterocycles. The summed E-state index contributed by atoms with van der Waals surface area (Å²) in [6, 6.07) is 0. The highest BCUT2D eigenvalue weighted by molar-refractivity contribution is 7.85. The normalized spacial score (nSPS) is 13.1. The minimum atomic E-state index is -6.00. The van der Waals surface area contributed by atoms with Crippen LogP contribution in [0.25, 0.3) is 6.08 Å². The lowest BCUT2D eigenvalue weighted by Gasteiger charge is -2.10. The van der Waals surface area contributed by atoms with E-state index >= 15 is 0 Å². The summed E-state index contributed by atoms with van der Waals surface area (Å²) in [5.74, 6) is 0. The summed E-state index contributed by atoms with van der Waals surface area (Å²) in [4.78, 5) is 2.89. The second-order valence-corrected chi connectivity index (χ2v) is 6.75. The molecular formula is C13H23BF4N2O3S. The molecule has 0 bridgehead atoms. The van der Waals surface area contributed by atoms with Crippen molar-refractivity contribution < 1.29 is 34.8 Å². The van der Waals surface area contributed by atoms with E-state index in [1.54, 1.807) is 18.6 Å². The first-order valence-corrected chi connectivity index (χ1v) is 9.04. The molecule has 1 aromatic rings. The summed E-state index contributed by atoms with van der Waals surface area (Å²) in [6.07, 6.45) is 10.4. The second kappa shape index (κ2) is 10.5. The lowest BCUT2D eigenvalue weighted by Crippen LogP contribution is -2.42. The number of aromatic amines is 1. The maximum Gasteiger partial charge on any atom is 0.673 e. The van der Waals surface area contributed by atoms with Crippen molar-refractivity contribution >= 4 is 23.4 Å². The SMILES string of the molecule is C=Cc1c[n+](C(CCCCCCC)S(=O)(=O)O)c[nH]1.F[B-](F)(F)F. The highest BCUT2D eigenvalue weighted by Crippen LogP contribution is 2.17. The summed E-state index contributed by atoms with van der Waals surface area (Å²) < 4.78 is 72.7.